The molecule has 0 N–H and O–H groups in total. The lowest BCUT2D eigenvalue weighted by Crippen LogP contribution is -2.46. The predicted octanol–water partition coefficient (Wildman–Crippen LogP) is 5.20. The van der Waals surface area contributed by atoms with Gasteiger partial charge in [0, 0.05) is 26.6 Å². The second kappa shape index (κ2) is 12.4. The van der Waals surface area contributed by atoms with Gasteiger partial charge in [-0.25, -0.2) is 0 Å². The van der Waals surface area contributed by atoms with Crippen molar-refractivity contribution in [2.45, 2.75) is 58.4 Å². The summed E-state index contributed by atoms with van der Waals surface area (Å²) >= 11 is 0. The number of hydrogen-bond donors (Lipinski definition) is 0. The molecule has 178 valence electrons. The van der Waals surface area contributed by atoms with Crippen molar-refractivity contribution in [1.29, 1.82) is 0 Å². The Balaban J connectivity index is 1.92. The van der Waals surface area contributed by atoms with Gasteiger partial charge in [0.25, 0.3) is 5.91 Å². The summed E-state index contributed by atoms with van der Waals surface area (Å²) in [5.41, 5.74) is 1.76. The van der Waals surface area contributed by atoms with Gasteiger partial charge < -0.3 is 14.5 Å². The van der Waals surface area contributed by atoms with Gasteiger partial charge >= 0.3 is 0 Å². The van der Waals surface area contributed by atoms with E-state index in [1.165, 1.54) is 5.56 Å². The number of carbonyl (C=O) groups is 2. The number of fused-ring (bicyclic) bond motifs is 1. The van der Waals surface area contributed by atoms with E-state index < -0.39 is 0 Å². The van der Waals surface area contributed by atoms with E-state index in [2.05, 4.69) is 26.0 Å². The van der Waals surface area contributed by atoms with Crippen LogP contribution in [0.3, 0.4) is 0 Å². The van der Waals surface area contributed by atoms with Crippen molar-refractivity contribution >= 4 is 11.8 Å². The van der Waals surface area contributed by atoms with Crippen LogP contribution < -0.4 is 4.74 Å². The third kappa shape index (κ3) is 7.34. The molecule has 0 aliphatic carbocycles. The first-order valence-electron chi connectivity index (χ1n) is 12.3. The highest BCUT2D eigenvalue weighted by molar-refractivity contribution is 5.96. The Kier molecular flexibility index (Phi) is 9.35. The molecule has 33 heavy (non-hydrogen) atoms. The maximum atomic E-state index is 13.3. The van der Waals surface area contributed by atoms with Gasteiger partial charge in [0.1, 0.15) is 12.4 Å². The van der Waals surface area contributed by atoms with Gasteiger partial charge in [0.15, 0.2) is 0 Å². The number of rotatable bonds is 4. The van der Waals surface area contributed by atoms with Crippen molar-refractivity contribution in [2.24, 2.45) is 5.92 Å². The number of amides is 2. The van der Waals surface area contributed by atoms with E-state index in [4.69, 9.17) is 4.74 Å². The summed E-state index contributed by atoms with van der Waals surface area (Å²) in [6.45, 7) is 5.99. The molecule has 2 amide bonds. The summed E-state index contributed by atoms with van der Waals surface area (Å²) in [5, 5.41) is 0. The predicted molar refractivity (Wildman–Crippen MR) is 132 cm³/mol. The van der Waals surface area contributed by atoms with Crippen molar-refractivity contribution in [3.8, 4) is 5.75 Å². The van der Waals surface area contributed by atoms with Crippen molar-refractivity contribution in [2.75, 3.05) is 26.7 Å². The van der Waals surface area contributed by atoms with Gasteiger partial charge in [0.2, 0.25) is 5.91 Å². The summed E-state index contributed by atoms with van der Waals surface area (Å²) in [6, 6.07) is 17.6. The Bertz CT molecular complexity index is 897. The molecule has 5 heteroatoms. The Morgan fingerprint density at radius 1 is 0.970 bits per heavy atom. The number of carbonyl (C=O) groups excluding carboxylic acids is 2. The van der Waals surface area contributed by atoms with Crippen LogP contribution in [-0.4, -0.2) is 54.4 Å². The first-order valence-corrected chi connectivity index (χ1v) is 12.3. The van der Waals surface area contributed by atoms with E-state index in [9.17, 15) is 9.59 Å². The van der Waals surface area contributed by atoms with Crippen LogP contribution in [0, 0.1) is 5.92 Å². The minimum Gasteiger partial charge on any atom is -0.491 e. The molecule has 0 fully saturated rings. The van der Waals surface area contributed by atoms with Crippen LogP contribution in [0.4, 0.5) is 0 Å². The monoisotopic (exact) mass is 450 g/mol. The van der Waals surface area contributed by atoms with Crippen LogP contribution >= 0.6 is 0 Å². The maximum absolute atomic E-state index is 13.3. The smallest absolute Gasteiger partial charge is 0.257 e. The lowest BCUT2D eigenvalue weighted by Gasteiger charge is -2.33. The lowest BCUT2D eigenvalue weighted by atomic mass is 10.0. The number of hydrogen-bond acceptors (Lipinski definition) is 3. The summed E-state index contributed by atoms with van der Waals surface area (Å²) < 4.78 is 6.28. The molecule has 3 rings (SSSR count). The Morgan fingerprint density at radius 3 is 2.36 bits per heavy atom. The van der Waals surface area contributed by atoms with Crippen molar-refractivity contribution in [3.63, 3.8) is 0 Å². The summed E-state index contributed by atoms with van der Waals surface area (Å²) in [7, 11) is 1.86. The zero-order valence-electron chi connectivity index (χ0n) is 20.3. The van der Waals surface area contributed by atoms with Gasteiger partial charge in [-0.05, 0) is 42.9 Å². The molecular weight excluding hydrogens is 412 g/mol. The number of para-hydroxylation sites is 1. The van der Waals surface area contributed by atoms with Crippen molar-refractivity contribution in [1.82, 2.24) is 9.80 Å². The molecule has 0 bridgehead atoms. The normalized spacial score (nSPS) is 18.4. The van der Waals surface area contributed by atoms with E-state index in [1.807, 2.05) is 54.4 Å². The van der Waals surface area contributed by atoms with E-state index in [1.54, 1.807) is 4.90 Å². The standard InChI is InChI=1S/C28H38N2O3/c1-22(2)19-27(31)30-18-12-5-4-11-17-29(3)28(32)25-15-9-10-16-26(25)33-21-24(30)20-23-13-7-6-8-14-23/h6-10,13-16,22,24H,4-5,11-12,17-21H2,1-3H3/t24-/m0/s1. The van der Waals surface area contributed by atoms with Gasteiger partial charge in [0.05, 0.1) is 11.6 Å². The minimum atomic E-state index is -0.0949. The van der Waals surface area contributed by atoms with E-state index in [0.29, 0.717) is 30.3 Å². The van der Waals surface area contributed by atoms with Crippen LogP contribution in [0.25, 0.3) is 0 Å². The topological polar surface area (TPSA) is 49.9 Å². The van der Waals surface area contributed by atoms with Gasteiger partial charge in [-0.15, -0.1) is 0 Å². The molecule has 0 aromatic heterocycles. The summed E-state index contributed by atoms with van der Waals surface area (Å²) in [5.74, 6) is 1.05. The first-order chi connectivity index (χ1) is 16.0. The second-order valence-electron chi connectivity index (χ2n) is 9.48. The molecule has 0 radical (unpaired) electrons. The number of benzene rings is 2. The maximum Gasteiger partial charge on any atom is 0.257 e. The third-order valence-corrected chi connectivity index (χ3v) is 6.20. The fourth-order valence-corrected chi connectivity index (χ4v) is 4.37. The molecule has 0 spiro atoms. The Hall–Kier alpha value is -2.82. The summed E-state index contributed by atoms with van der Waals surface area (Å²) in [4.78, 5) is 30.2. The fourth-order valence-electron chi connectivity index (χ4n) is 4.37. The summed E-state index contributed by atoms with van der Waals surface area (Å²) in [6.07, 6.45) is 5.27. The largest absolute Gasteiger partial charge is 0.491 e. The fraction of sp³-hybridized carbons (Fsp3) is 0.500. The van der Waals surface area contributed by atoms with Gasteiger partial charge in [-0.2, -0.15) is 0 Å². The van der Waals surface area contributed by atoms with Crippen LogP contribution in [0.5, 0.6) is 5.75 Å². The van der Waals surface area contributed by atoms with Crippen LogP contribution in [0.2, 0.25) is 0 Å². The quantitative estimate of drug-likeness (QED) is 0.643. The highest BCUT2D eigenvalue weighted by Gasteiger charge is 2.26. The Morgan fingerprint density at radius 2 is 1.64 bits per heavy atom. The van der Waals surface area contributed by atoms with E-state index in [0.717, 1.165) is 45.2 Å². The molecular formula is C28H38N2O3. The average molecular weight is 451 g/mol. The number of nitrogens with zero attached hydrogens (tertiary/aromatic N) is 2. The molecule has 0 saturated heterocycles. The van der Waals surface area contributed by atoms with Crippen LogP contribution in [-0.2, 0) is 11.2 Å². The van der Waals surface area contributed by atoms with Crippen LogP contribution in [0.15, 0.2) is 54.6 Å². The molecule has 1 heterocycles. The minimum absolute atomic E-state index is 0.0185. The highest BCUT2D eigenvalue weighted by atomic mass is 16.5. The molecule has 0 saturated carbocycles. The third-order valence-electron chi connectivity index (χ3n) is 6.20. The number of ether oxygens (including phenoxy) is 1. The van der Waals surface area contributed by atoms with Gasteiger partial charge in [-0.1, -0.05) is 69.2 Å². The molecule has 1 aliphatic rings. The van der Waals surface area contributed by atoms with E-state index in [-0.39, 0.29) is 17.9 Å². The molecule has 2 aromatic rings. The molecule has 1 aliphatic heterocycles. The molecule has 2 aromatic carbocycles. The molecule has 0 unspecified atom stereocenters. The highest BCUT2D eigenvalue weighted by Crippen LogP contribution is 2.23. The zero-order valence-corrected chi connectivity index (χ0v) is 20.3. The Labute approximate surface area is 198 Å². The molecule has 1 atom stereocenters. The van der Waals surface area contributed by atoms with E-state index >= 15 is 0 Å². The first kappa shape index (κ1) is 24.8. The SMILES string of the molecule is CC(C)CC(=O)N1CCCCCCN(C)C(=O)c2ccccc2OC[C@@H]1Cc1ccccc1. The average Bonchev–Trinajstić information content (AvgIpc) is 2.80. The lowest BCUT2D eigenvalue weighted by molar-refractivity contribution is -0.135. The zero-order chi connectivity index (χ0) is 23.6. The van der Waals surface area contributed by atoms with Crippen molar-refractivity contribution in [3.05, 3.63) is 65.7 Å². The second-order valence-corrected chi connectivity index (χ2v) is 9.48. The molecule has 5 nitrogen and oxygen atoms in total. The van der Waals surface area contributed by atoms with Crippen LogP contribution in [0.1, 0.15) is 61.9 Å². The van der Waals surface area contributed by atoms with Crippen molar-refractivity contribution < 1.29 is 14.3 Å². The van der Waals surface area contributed by atoms with Gasteiger partial charge in [-0.3, -0.25) is 9.59 Å².